The number of rotatable bonds is 10. The number of hydrogen-bond acceptors (Lipinski definition) is 6. The summed E-state index contributed by atoms with van der Waals surface area (Å²) in [5, 5.41) is 0. The maximum Gasteiger partial charge on any atom is 0.338 e. The first-order valence-electron chi connectivity index (χ1n) is 9.08. The zero-order valence-corrected chi connectivity index (χ0v) is 16.4. The first kappa shape index (κ1) is 21.7. The van der Waals surface area contributed by atoms with Crippen molar-refractivity contribution in [1.29, 1.82) is 0 Å². The second kappa shape index (κ2) is 10.7. The SMILES string of the molecule is CCOc1ccc(C(=O)OCC(=O)N(CCC(N)=O)c2ccccc2)cc1OC. The standard InChI is InChI=1S/C21H24N2O6/c1-3-28-17-10-9-15(13-18(17)27-2)21(26)29-14-20(25)23(12-11-19(22)24)16-7-5-4-6-8-16/h4-10,13H,3,11-12,14H2,1-2H3,(H2,22,24). The lowest BCUT2D eigenvalue weighted by atomic mass is 10.2. The highest BCUT2D eigenvalue weighted by atomic mass is 16.5. The molecule has 2 aromatic rings. The highest BCUT2D eigenvalue weighted by Gasteiger charge is 2.19. The minimum absolute atomic E-state index is 0.00926. The van der Waals surface area contributed by atoms with E-state index in [0.29, 0.717) is 23.8 Å². The number of hydrogen-bond donors (Lipinski definition) is 1. The molecule has 0 saturated heterocycles. The van der Waals surface area contributed by atoms with E-state index in [2.05, 4.69) is 0 Å². The van der Waals surface area contributed by atoms with E-state index in [4.69, 9.17) is 19.9 Å². The van der Waals surface area contributed by atoms with E-state index in [9.17, 15) is 14.4 Å². The molecular formula is C21H24N2O6. The van der Waals surface area contributed by atoms with Gasteiger partial charge >= 0.3 is 5.97 Å². The molecule has 0 spiro atoms. The summed E-state index contributed by atoms with van der Waals surface area (Å²) in [6.45, 7) is 1.90. The molecule has 8 heteroatoms. The van der Waals surface area contributed by atoms with Crippen LogP contribution < -0.4 is 20.1 Å². The maximum atomic E-state index is 12.6. The maximum absolute atomic E-state index is 12.6. The van der Waals surface area contributed by atoms with E-state index >= 15 is 0 Å². The van der Waals surface area contributed by atoms with Crippen molar-refractivity contribution >= 4 is 23.5 Å². The van der Waals surface area contributed by atoms with Crippen molar-refractivity contribution in [2.45, 2.75) is 13.3 Å². The quantitative estimate of drug-likeness (QED) is 0.612. The smallest absolute Gasteiger partial charge is 0.338 e. The Balaban J connectivity index is 2.06. The topological polar surface area (TPSA) is 108 Å². The van der Waals surface area contributed by atoms with Gasteiger partial charge in [-0.25, -0.2) is 4.79 Å². The van der Waals surface area contributed by atoms with E-state index in [0.717, 1.165) is 0 Å². The summed E-state index contributed by atoms with van der Waals surface area (Å²) < 4.78 is 15.8. The van der Waals surface area contributed by atoms with Crippen LogP contribution in [0.25, 0.3) is 0 Å². The van der Waals surface area contributed by atoms with Crippen molar-refractivity contribution in [1.82, 2.24) is 0 Å². The van der Waals surface area contributed by atoms with Gasteiger partial charge in [-0.05, 0) is 37.3 Å². The van der Waals surface area contributed by atoms with Crippen LogP contribution in [0.2, 0.25) is 0 Å². The Bertz CT molecular complexity index is 854. The zero-order valence-electron chi connectivity index (χ0n) is 16.4. The molecule has 2 amide bonds. The van der Waals surface area contributed by atoms with Crippen LogP contribution in [0.4, 0.5) is 5.69 Å². The molecule has 0 unspecified atom stereocenters. The van der Waals surface area contributed by atoms with Crippen LogP contribution in [0.1, 0.15) is 23.7 Å². The van der Waals surface area contributed by atoms with Crippen molar-refractivity contribution < 1.29 is 28.6 Å². The van der Waals surface area contributed by atoms with Crippen molar-refractivity contribution in [3.63, 3.8) is 0 Å². The third-order valence-electron chi connectivity index (χ3n) is 3.98. The fourth-order valence-corrected chi connectivity index (χ4v) is 2.59. The Kier molecular flexibility index (Phi) is 8.02. The molecule has 0 aliphatic heterocycles. The number of nitrogens with two attached hydrogens (primary N) is 1. The summed E-state index contributed by atoms with van der Waals surface area (Å²) in [5.74, 6) is -0.784. The van der Waals surface area contributed by atoms with Gasteiger partial charge in [0.05, 0.1) is 19.3 Å². The zero-order chi connectivity index (χ0) is 21.2. The number of para-hydroxylation sites is 1. The lowest BCUT2D eigenvalue weighted by Crippen LogP contribution is -2.37. The second-order valence-electron chi connectivity index (χ2n) is 5.97. The lowest BCUT2D eigenvalue weighted by Gasteiger charge is -2.22. The predicted molar refractivity (Wildman–Crippen MR) is 107 cm³/mol. The van der Waals surface area contributed by atoms with Gasteiger partial charge in [0, 0.05) is 18.7 Å². The van der Waals surface area contributed by atoms with E-state index in [1.165, 1.54) is 24.1 Å². The first-order chi connectivity index (χ1) is 14.0. The Morgan fingerprint density at radius 3 is 2.38 bits per heavy atom. The van der Waals surface area contributed by atoms with Crippen molar-refractivity contribution in [3.8, 4) is 11.5 Å². The van der Waals surface area contributed by atoms with Crippen LogP contribution in [0.15, 0.2) is 48.5 Å². The van der Waals surface area contributed by atoms with Crippen molar-refractivity contribution in [2.24, 2.45) is 5.73 Å². The molecule has 0 bridgehead atoms. The normalized spacial score (nSPS) is 10.1. The molecule has 2 N–H and O–H groups in total. The predicted octanol–water partition coefficient (Wildman–Crippen LogP) is 2.16. The summed E-state index contributed by atoms with van der Waals surface area (Å²) in [5.41, 5.74) is 6.00. The number of anilines is 1. The number of carbonyl (C=O) groups is 3. The van der Waals surface area contributed by atoms with Gasteiger partial charge in [0.15, 0.2) is 18.1 Å². The molecule has 154 valence electrons. The molecule has 0 atom stereocenters. The van der Waals surface area contributed by atoms with Gasteiger partial charge in [-0.3, -0.25) is 9.59 Å². The van der Waals surface area contributed by atoms with E-state index in [-0.39, 0.29) is 18.5 Å². The Labute approximate surface area is 169 Å². The number of primary amides is 1. The number of ether oxygens (including phenoxy) is 3. The molecule has 0 radical (unpaired) electrons. The molecule has 0 fully saturated rings. The van der Waals surface area contributed by atoms with Gasteiger partial charge in [-0.1, -0.05) is 18.2 Å². The largest absolute Gasteiger partial charge is 0.493 e. The monoisotopic (exact) mass is 400 g/mol. The molecule has 8 nitrogen and oxygen atoms in total. The van der Waals surface area contributed by atoms with Crippen LogP contribution in [-0.4, -0.2) is 44.7 Å². The molecule has 2 aromatic carbocycles. The molecule has 0 saturated carbocycles. The number of esters is 1. The fourth-order valence-electron chi connectivity index (χ4n) is 2.59. The minimum atomic E-state index is -0.678. The summed E-state index contributed by atoms with van der Waals surface area (Å²) in [4.78, 5) is 37.4. The molecule has 29 heavy (non-hydrogen) atoms. The van der Waals surface area contributed by atoms with E-state index < -0.39 is 24.4 Å². The van der Waals surface area contributed by atoms with Gasteiger partial charge in [0.25, 0.3) is 5.91 Å². The number of benzene rings is 2. The third kappa shape index (κ3) is 6.24. The summed E-state index contributed by atoms with van der Waals surface area (Å²) >= 11 is 0. The first-order valence-corrected chi connectivity index (χ1v) is 9.08. The Morgan fingerprint density at radius 2 is 1.76 bits per heavy atom. The van der Waals surface area contributed by atoms with E-state index in [1.807, 2.05) is 6.92 Å². The molecule has 0 heterocycles. The van der Waals surface area contributed by atoms with Crippen LogP contribution in [0, 0.1) is 0 Å². The van der Waals surface area contributed by atoms with Gasteiger partial charge < -0.3 is 24.8 Å². The van der Waals surface area contributed by atoms with Crippen LogP contribution in [-0.2, 0) is 14.3 Å². The number of methoxy groups -OCH3 is 1. The van der Waals surface area contributed by atoms with Gasteiger partial charge in [0.1, 0.15) is 0 Å². The minimum Gasteiger partial charge on any atom is -0.493 e. The van der Waals surface area contributed by atoms with Crippen LogP contribution >= 0.6 is 0 Å². The van der Waals surface area contributed by atoms with Crippen LogP contribution in [0.5, 0.6) is 11.5 Å². The average molecular weight is 400 g/mol. The Hall–Kier alpha value is -3.55. The summed E-state index contributed by atoms with van der Waals surface area (Å²) in [6.07, 6.45) is -0.00926. The fraction of sp³-hybridized carbons (Fsp3) is 0.286. The number of nitrogens with zero attached hydrogens (tertiary/aromatic N) is 1. The highest BCUT2D eigenvalue weighted by Crippen LogP contribution is 2.28. The summed E-state index contributed by atoms with van der Waals surface area (Å²) in [7, 11) is 1.47. The molecular weight excluding hydrogens is 376 g/mol. The Morgan fingerprint density at radius 1 is 1.03 bits per heavy atom. The molecule has 0 aliphatic carbocycles. The molecule has 0 aromatic heterocycles. The van der Waals surface area contributed by atoms with Crippen LogP contribution in [0.3, 0.4) is 0 Å². The number of carbonyl (C=O) groups excluding carboxylic acids is 3. The second-order valence-corrected chi connectivity index (χ2v) is 5.97. The summed E-state index contributed by atoms with van der Waals surface area (Å²) in [6, 6.07) is 13.4. The van der Waals surface area contributed by atoms with Crippen molar-refractivity contribution in [3.05, 3.63) is 54.1 Å². The third-order valence-corrected chi connectivity index (χ3v) is 3.98. The molecule has 0 aliphatic rings. The van der Waals surface area contributed by atoms with Gasteiger partial charge in [0.2, 0.25) is 5.91 Å². The van der Waals surface area contributed by atoms with Gasteiger partial charge in [-0.2, -0.15) is 0 Å². The molecule has 2 rings (SSSR count). The number of amides is 2. The van der Waals surface area contributed by atoms with Crippen molar-refractivity contribution in [2.75, 3.05) is 31.8 Å². The van der Waals surface area contributed by atoms with E-state index in [1.54, 1.807) is 36.4 Å². The van der Waals surface area contributed by atoms with Gasteiger partial charge in [-0.15, -0.1) is 0 Å². The average Bonchev–Trinajstić information content (AvgIpc) is 2.73. The lowest BCUT2D eigenvalue weighted by molar-refractivity contribution is -0.121. The highest BCUT2D eigenvalue weighted by molar-refractivity contribution is 5.97.